The molecule has 0 aromatic heterocycles. The van der Waals surface area contributed by atoms with Crippen molar-refractivity contribution in [3.05, 3.63) is 35.4 Å². The molecule has 1 aromatic carbocycles. The first-order chi connectivity index (χ1) is 8.66. The second-order valence-electron chi connectivity index (χ2n) is 5.46. The molecule has 1 aromatic rings. The van der Waals surface area contributed by atoms with Gasteiger partial charge in [0.25, 0.3) is 0 Å². The summed E-state index contributed by atoms with van der Waals surface area (Å²) < 4.78 is 10.5. The van der Waals surface area contributed by atoms with Gasteiger partial charge in [0.15, 0.2) is 0 Å². The van der Waals surface area contributed by atoms with E-state index in [2.05, 4.69) is 19.1 Å². The van der Waals surface area contributed by atoms with Crippen LogP contribution in [-0.4, -0.2) is 26.3 Å². The molecule has 2 fully saturated rings. The third-order valence-electron chi connectivity index (χ3n) is 4.60. The van der Waals surface area contributed by atoms with E-state index in [1.54, 1.807) is 0 Å². The maximum Gasteiger partial charge on any atom is 0.312 e. The Hall–Kier alpha value is -1.35. The maximum absolute atomic E-state index is 12.1. The van der Waals surface area contributed by atoms with E-state index in [-0.39, 0.29) is 16.8 Å². The first-order valence-corrected chi connectivity index (χ1v) is 6.39. The van der Waals surface area contributed by atoms with Gasteiger partial charge in [-0.15, -0.1) is 0 Å². The highest BCUT2D eigenvalue weighted by Gasteiger charge is 2.69. The van der Waals surface area contributed by atoms with Crippen molar-refractivity contribution in [3.8, 4) is 0 Å². The van der Waals surface area contributed by atoms with Crippen LogP contribution in [0.1, 0.15) is 24.0 Å². The molecular weight excluding hydrogens is 228 g/mol. The van der Waals surface area contributed by atoms with Crippen LogP contribution in [0.3, 0.4) is 0 Å². The molecule has 0 amide bonds. The summed E-state index contributed by atoms with van der Waals surface area (Å²) >= 11 is 0. The zero-order valence-electron chi connectivity index (χ0n) is 10.9. The predicted molar refractivity (Wildman–Crippen MR) is 67.4 cm³/mol. The summed E-state index contributed by atoms with van der Waals surface area (Å²) in [6, 6.07) is 8.29. The van der Waals surface area contributed by atoms with Crippen LogP contribution in [0, 0.1) is 12.3 Å². The Balaban J connectivity index is 2.07. The van der Waals surface area contributed by atoms with Crippen molar-refractivity contribution in [1.82, 2.24) is 0 Å². The number of carbonyl (C=O) groups excluding carboxylic acids is 1. The number of ether oxygens (including phenoxy) is 2. The van der Waals surface area contributed by atoms with Gasteiger partial charge < -0.3 is 9.47 Å². The Bertz CT molecular complexity index is 484. The number of esters is 1. The van der Waals surface area contributed by atoms with Gasteiger partial charge >= 0.3 is 5.97 Å². The predicted octanol–water partition coefficient (Wildman–Crippen LogP) is 2.22. The summed E-state index contributed by atoms with van der Waals surface area (Å²) in [6.45, 7) is 3.36. The molecule has 18 heavy (non-hydrogen) atoms. The Morgan fingerprint density at radius 2 is 1.94 bits per heavy atom. The van der Waals surface area contributed by atoms with Crippen molar-refractivity contribution in [2.45, 2.75) is 25.2 Å². The summed E-state index contributed by atoms with van der Waals surface area (Å²) in [5.41, 5.74) is 1.98. The van der Waals surface area contributed by atoms with Crippen molar-refractivity contribution < 1.29 is 14.3 Å². The lowest BCUT2D eigenvalue weighted by atomic mass is 9.65. The van der Waals surface area contributed by atoms with Crippen molar-refractivity contribution in [3.63, 3.8) is 0 Å². The first-order valence-electron chi connectivity index (χ1n) is 6.39. The minimum atomic E-state index is -0.341. The lowest BCUT2D eigenvalue weighted by Gasteiger charge is -2.47. The summed E-state index contributed by atoms with van der Waals surface area (Å²) in [4.78, 5) is 12.1. The third kappa shape index (κ3) is 1.31. The lowest BCUT2D eigenvalue weighted by Crippen LogP contribution is -2.56. The van der Waals surface area contributed by atoms with E-state index < -0.39 is 0 Å². The van der Waals surface area contributed by atoms with E-state index in [0.717, 1.165) is 12.8 Å². The average molecular weight is 246 g/mol. The van der Waals surface area contributed by atoms with Gasteiger partial charge in [-0.2, -0.15) is 0 Å². The number of aryl methyl sites for hydroxylation is 1. The van der Waals surface area contributed by atoms with E-state index in [1.807, 2.05) is 12.1 Å². The zero-order chi connectivity index (χ0) is 12.8. The molecule has 3 rings (SSSR count). The maximum atomic E-state index is 12.1. The van der Waals surface area contributed by atoms with E-state index >= 15 is 0 Å². The van der Waals surface area contributed by atoms with Gasteiger partial charge in [-0.3, -0.25) is 4.79 Å². The largest absolute Gasteiger partial charge is 0.469 e. The van der Waals surface area contributed by atoms with Crippen LogP contribution < -0.4 is 0 Å². The monoisotopic (exact) mass is 246 g/mol. The van der Waals surface area contributed by atoms with E-state index in [9.17, 15) is 4.79 Å². The highest BCUT2D eigenvalue weighted by atomic mass is 16.5. The molecule has 0 spiro atoms. The average Bonchev–Trinajstić information content (AvgIpc) is 3.11. The van der Waals surface area contributed by atoms with Crippen molar-refractivity contribution in [1.29, 1.82) is 0 Å². The molecule has 96 valence electrons. The lowest BCUT2D eigenvalue weighted by molar-refractivity contribution is -0.164. The smallest absolute Gasteiger partial charge is 0.312 e. The SMILES string of the molecule is COC(=O)C1(C2(c3ccccc3C)COC2)CC1. The fourth-order valence-electron chi connectivity index (χ4n) is 3.30. The van der Waals surface area contributed by atoms with E-state index in [0.29, 0.717) is 13.2 Å². The number of carbonyl (C=O) groups is 1. The first kappa shape index (κ1) is 11.7. The normalized spacial score (nSPS) is 23.0. The zero-order valence-corrected chi connectivity index (χ0v) is 10.9. The highest BCUT2D eigenvalue weighted by Crippen LogP contribution is 2.63. The van der Waals surface area contributed by atoms with Gasteiger partial charge in [-0.25, -0.2) is 0 Å². The van der Waals surface area contributed by atoms with E-state index in [4.69, 9.17) is 9.47 Å². The van der Waals surface area contributed by atoms with Gasteiger partial charge in [0, 0.05) is 0 Å². The minimum absolute atomic E-state index is 0.0750. The van der Waals surface area contributed by atoms with Gasteiger partial charge in [0.2, 0.25) is 0 Å². The molecule has 0 radical (unpaired) electrons. The van der Waals surface area contributed by atoms with E-state index in [1.165, 1.54) is 18.2 Å². The van der Waals surface area contributed by atoms with Crippen LogP contribution in [0.5, 0.6) is 0 Å². The van der Waals surface area contributed by atoms with Gasteiger partial charge in [0.1, 0.15) is 0 Å². The Labute approximate surface area is 107 Å². The fraction of sp³-hybridized carbons (Fsp3) is 0.533. The van der Waals surface area contributed by atoms with Gasteiger partial charge in [-0.1, -0.05) is 24.3 Å². The quantitative estimate of drug-likeness (QED) is 0.767. The van der Waals surface area contributed by atoms with Crippen LogP contribution in [0.15, 0.2) is 24.3 Å². The number of rotatable bonds is 3. The second kappa shape index (κ2) is 3.82. The van der Waals surface area contributed by atoms with Crippen LogP contribution in [0.2, 0.25) is 0 Å². The Morgan fingerprint density at radius 1 is 1.28 bits per heavy atom. The summed E-state index contributed by atoms with van der Waals surface area (Å²) in [7, 11) is 1.48. The van der Waals surface area contributed by atoms with Gasteiger partial charge in [-0.05, 0) is 30.9 Å². The Morgan fingerprint density at radius 3 is 2.39 bits per heavy atom. The summed E-state index contributed by atoms with van der Waals surface area (Å²) in [5.74, 6) is -0.0750. The van der Waals surface area contributed by atoms with Crippen LogP contribution in [0.25, 0.3) is 0 Å². The third-order valence-corrected chi connectivity index (χ3v) is 4.60. The topological polar surface area (TPSA) is 35.5 Å². The van der Waals surface area contributed by atoms with Crippen molar-refractivity contribution in [2.24, 2.45) is 5.41 Å². The number of methoxy groups -OCH3 is 1. The molecular formula is C15H18O3. The Kier molecular flexibility index (Phi) is 2.49. The minimum Gasteiger partial charge on any atom is -0.469 e. The summed E-state index contributed by atoms with van der Waals surface area (Å²) in [6.07, 6.45) is 1.83. The molecule has 1 aliphatic carbocycles. The van der Waals surface area contributed by atoms with Crippen molar-refractivity contribution in [2.75, 3.05) is 20.3 Å². The molecule has 0 bridgehead atoms. The number of hydrogen-bond donors (Lipinski definition) is 0. The molecule has 2 aliphatic rings. The van der Waals surface area contributed by atoms with Gasteiger partial charge in [0.05, 0.1) is 31.2 Å². The second-order valence-corrected chi connectivity index (χ2v) is 5.46. The molecule has 0 atom stereocenters. The molecule has 1 saturated heterocycles. The highest BCUT2D eigenvalue weighted by molar-refractivity contribution is 5.83. The van der Waals surface area contributed by atoms with Crippen LogP contribution in [0.4, 0.5) is 0 Å². The van der Waals surface area contributed by atoms with Crippen molar-refractivity contribution >= 4 is 5.97 Å². The summed E-state index contributed by atoms with van der Waals surface area (Å²) in [5, 5.41) is 0. The molecule has 0 unspecified atom stereocenters. The molecule has 1 saturated carbocycles. The number of benzene rings is 1. The molecule has 3 nitrogen and oxygen atoms in total. The fourth-order valence-corrected chi connectivity index (χ4v) is 3.30. The molecule has 1 heterocycles. The molecule has 3 heteroatoms. The molecule has 1 aliphatic heterocycles. The standard InChI is InChI=1S/C15H18O3/c1-11-5-3-4-6-12(11)15(9-18-10-15)14(7-8-14)13(16)17-2/h3-6H,7-10H2,1-2H3. The number of hydrogen-bond acceptors (Lipinski definition) is 3. The van der Waals surface area contributed by atoms with Crippen LogP contribution in [-0.2, 0) is 19.7 Å². The molecule has 0 N–H and O–H groups in total. The van der Waals surface area contributed by atoms with Crippen LogP contribution >= 0.6 is 0 Å².